The lowest BCUT2D eigenvalue weighted by Crippen LogP contribution is -2.52. The van der Waals surface area contributed by atoms with Gasteiger partial charge in [0.05, 0.1) is 55.3 Å². The van der Waals surface area contributed by atoms with Crippen LogP contribution < -0.4 is 15.4 Å². The molecule has 9 rings (SSSR count). The van der Waals surface area contributed by atoms with Crippen molar-refractivity contribution >= 4 is 45.8 Å². The van der Waals surface area contributed by atoms with E-state index in [1.54, 1.807) is 7.11 Å². The summed E-state index contributed by atoms with van der Waals surface area (Å²) in [5.41, 5.74) is 7.82. The van der Waals surface area contributed by atoms with E-state index >= 15 is 0 Å². The summed E-state index contributed by atoms with van der Waals surface area (Å²) in [5.74, 6) is 2.07. The monoisotopic (exact) mass is 888 g/mol. The van der Waals surface area contributed by atoms with Crippen molar-refractivity contribution in [1.29, 1.82) is 0 Å². The van der Waals surface area contributed by atoms with Crippen molar-refractivity contribution in [1.82, 2.24) is 40.4 Å². The third kappa shape index (κ3) is 8.25. The number of methoxy groups -OCH3 is 3. The van der Waals surface area contributed by atoms with E-state index in [0.29, 0.717) is 37.9 Å². The number of H-pyrrole nitrogens is 2. The van der Waals surface area contributed by atoms with E-state index < -0.39 is 24.3 Å². The second kappa shape index (κ2) is 17.7. The van der Waals surface area contributed by atoms with Crippen LogP contribution in [0.15, 0.2) is 42.5 Å². The fraction of sp³-hybridized carbons (Fsp3) is 0.510. The molecule has 4 aliphatic rings. The van der Waals surface area contributed by atoms with Gasteiger partial charge >= 0.3 is 12.2 Å². The summed E-state index contributed by atoms with van der Waals surface area (Å²) < 4.78 is 21.8. The minimum Gasteiger partial charge on any atom is -0.488 e. The first-order valence-corrected chi connectivity index (χ1v) is 22.9. The maximum Gasteiger partial charge on any atom is 0.407 e. The molecule has 0 unspecified atom stereocenters. The quantitative estimate of drug-likeness (QED) is 0.0958. The summed E-state index contributed by atoms with van der Waals surface area (Å²) in [6.45, 7) is 11.1. The zero-order chi connectivity index (χ0) is 45.8. The number of hydrogen-bond acceptors (Lipinski definition) is 10. The van der Waals surface area contributed by atoms with Crippen molar-refractivity contribution in [2.24, 2.45) is 17.8 Å². The molecule has 16 nitrogen and oxygen atoms in total. The van der Waals surface area contributed by atoms with Crippen LogP contribution >= 0.6 is 0 Å². The number of nitrogens with one attached hydrogen (secondary N) is 4. The minimum absolute atomic E-state index is 0.0298. The molecule has 1 aliphatic carbocycles. The first kappa shape index (κ1) is 44.1. The molecular formula is C49H60N8O8. The van der Waals surface area contributed by atoms with Crippen LogP contribution in [0, 0.1) is 17.8 Å². The van der Waals surface area contributed by atoms with Gasteiger partial charge in [0.1, 0.15) is 36.1 Å². The van der Waals surface area contributed by atoms with Gasteiger partial charge in [0.25, 0.3) is 0 Å². The van der Waals surface area contributed by atoms with Crippen molar-refractivity contribution < 1.29 is 38.1 Å². The molecule has 16 heteroatoms. The van der Waals surface area contributed by atoms with Gasteiger partial charge in [0.15, 0.2) is 0 Å². The number of amides is 4. The summed E-state index contributed by atoms with van der Waals surface area (Å²) in [4.78, 5) is 74.0. The number of carbonyl (C=O) groups excluding carboxylic acids is 4. The molecule has 6 atom stereocenters. The standard InChI is InChI=1S/C49H60N8O8/c1-24(2)39(54-48(60)63-7)46(58)56-21-27(22-62-6)17-37(56)45-51-41(28-10-11-28)42(52-45)30-12-14-32-31(18-30)23-65-38-20-33-29(19-34(32)38)13-15-35-43(33)53-44(50-35)36-16-9-26(5)57(36)47(59)40(25(3)4)55-49(61)64-8/h12-15,18-20,24-28,36-37,39-40H,9-11,16-17,21-23H2,1-8H3,(H,50,53)(H,51,52)(H,54,60)(H,55,61)/t26-,27-,36-,37-,39-,40-/m0/s1. The van der Waals surface area contributed by atoms with Crippen LogP contribution in [0.25, 0.3) is 44.2 Å². The van der Waals surface area contributed by atoms with Crippen molar-refractivity contribution in [3.63, 3.8) is 0 Å². The van der Waals surface area contributed by atoms with E-state index in [4.69, 9.17) is 28.9 Å². The topological polar surface area (TPSA) is 193 Å². The van der Waals surface area contributed by atoms with Crippen LogP contribution in [-0.2, 0) is 30.4 Å². The van der Waals surface area contributed by atoms with Gasteiger partial charge in [-0.05, 0) is 91.6 Å². The van der Waals surface area contributed by atoms with Crippen molar-refractivity contribution in [3.05, 3.63) is 65.4 Å². The predicted molar refractivity (Wildman–Crippen MR) is 244 cm³/mol. The average Bonchev–Trinajstić information content (AvgIpc) is 3.59. The summed E-state index contributed by atoms with van der Waals surface area (Å²) in [6, 6.07) is 12.8. The molecule has 5 aromatic rings. The summed E-state index contributed by atoms with van der Waals surface area (Å²) in [5, 5.41) is 7.51. The molecule has 0 bridgehead atoms. The number of fused-ring (bicyclic) bond motifs is 6. The molecule has 5 heterocycles. The number of benzene rings is 3. The van der Waals surface area contributed by atoms with E-state index in [0.717, 1.165) is 92.7 Å². The number of aromatic nitrogens is 4. The number of likely N-dealkylation sites (tertiary alicyclic amines) is 2. The lowest BCUT2D eigenvalue weighted by atomic mass is 9.92. The molecular weight excluding hydrogens is 829 g/mol. The van der Waals surface area contributed by atoms with E-state index in [-0.39, 0.29) is 47.7 Å². The van der Waals surface area contributed by atoms with Gasteiger partial charge in [-0.15, -0.1) is 0 Å². The minimum atomic E-state index is -0.752. The van der Waals surface area contributed by atoms with Crippen LogP contribution in [0.2, 0.25) is 0 Å². The van der Waals surface area contributed by atoms with Gasteiger partial charge < -0.3 is 49.3 Å². The largest absolute Gasteiger partial charge is 0.488 e. The van der Waals surface area contributed by atoms with Gasteiger partial charge in [-0.1, -0.05) is 45.9 Å². The van der Waals surface area contributed by atoms with Crippen LogP contribution in [-0.4, -0.2) is 106 Å². The molecule has 2 saturated heterocycles. The highest BCUT2D eigenvalue weighted by Gasteiger charge is 2.44. The zero-order valence-corrected chi connectivity index (χ0v) is 38.4. The lowest BCUT2D eigenvalue weighted by molar-refractivity contribution is -0.137. The number of carbonyl (C=O) groups is 4. The zero-order valence-electron chi connectivity index (χ0n) is 38.4. The molecule has 4 N–H and O–H groups in total. The Morgan fingerprint density at radius 2 is 1.52 bits per heavy atom. The lowest BCUT2D eigenvalue weighted by Gasteiger charge is -2.32. The van der Waals surface area contributed by atoms with E-state index in [9.17, 15) is 19.2 Å². The maximum absolute atomic E-state index is 14.2. The van der Waals surface area contributed by atoms with Crippen molar-refractivity contribution in [2.45, 2.75) is 109 Å². The van der Waals surface area contributed by atoms with Crippen LogP contribution in [0.4, 0.5) is 9.59 Å². The van der Waals surface area contributed by atoms with E-state index in [2.05, 4.69) is 57.0 Å². The predicted octanol–water partition coefficient (Wildman–Crippen LogP) is 7.89. The Labute approximate surface area is 378 Å². The fourth-order valence-electron chi connectivity index (χ4n) is 10.2. The Balaban J connectivity index is 1.01. The number of ether oxygens (including phenoxy) is 4. The molecule has 2 aromatic heterocycles. The summed E-state index contributed by atoms with van der Waals surface area (Å²) in [6.07, 6.45) is 3.08. The number of aromatic amines is 2. The Bertz CT molecular complexity index is 2650. The second-order valence-corrected chi connectivity index (χ2v) is 18.9. The molecule has 3 aromatic carbocycles. The third-order valence-electron chi connectivity index (χ3n) is 13.8. The number of rotatable bonds is 12. The highest BCUT2D eigenvalue weighted by Crippen LogP contribution is 2.48. The van der Waals surface area contributed by atoms with Gasteiger partial charge in [-0.3, -0.25) is 9.59 Å². The number of alkyl carbamates (subject to hydrolysis) is 2. The Kier molecular flexibility index (Phi) is 12.0. The SMILES string of the molecule is COC[C@H]1C[C@@H](c2nc(C3CC3)c(-c3ccc4c(c3)COc3cc5c(ccc6nc([C@@H]7CC[C@H](C)N7C(=O)[C@@H](NC(=O)OC)C(C)C)[nH]c65)cc3-4)[nH]2)N(C(=O)[C@@H](NC(=O)OC)C(C)C)C1. The third-order valence-corrected chi connectivity index (χ3v) is 13.8. The average molecular weight is 889 g/mol. The first-order chi connectivity index (χ1) is 31.3. The van der Waals surface area contributed by atoms with Crippen LogP contribution in [0.1, 0.15) is 108 Å². The fourth-order valence-corrected chi connectivity index (χ4v) is 10.2. The van der Waals surface area contributed by atoms with Gasteiger partial charge in [-0.2, -0.15) is 0 Å². The van der Waals surface area contributed by atoms with E-state index in [1.165, 1.54) is 14.2 Å². The number of nitrogens with zero attached hydrogens (tertiary/aromatic N) is 4. The molecule has 65 heavy (non-hydrogen) atoms. The highest BCUT2D eigenvalue weighted by atomic mass is 16.5. The molecule has 3 aliphatic heterocycles. The molecule has 0 radical (unpaired) electrons. The smallest absolute Gasteiger partial charge is 0.407 e. The summed E-state index contributed by atoms with van der Waals surface area (Å²) in [7, 11) is 4.27. The van der Waals surface area contributed by atoms with Crippen LogP contribution in [0.5, 0.6) is 5.75 Å². The maximum atomic E-state index is 14.2. The first-order valence-electron chi connectivity index (χ1n) is 22.9. The Hall–Kier alpha value is -6.16. The molecule has 3 fully saturated rings. The van der Waals surface area contributed by atoms with Gasteiger partial charge in [0, 0.05) is 48.0 Å². The van der Waals surface area contributed by atoms with Gasteiger partial charge in [0.2, 0.25) is 11.8 Å². The normalized spacial score (nSPS) is 21.3. The van der Waals surface area contributed by atoms with Crippen LogP contribution in [0.3, 0.4) is 0 Å². The second-order valence-electron chi connectivity index (χ2n) is 18.9. The molecule has 1 saturated carbocycles. The van der Waals surface area contributed by atoms with Crippen molar-refractivity contribution in [2.75, 3.05) is 34.5 Å². The molecule has 0 spiro atoms. The highest BCUT2D eigenvalue weighted by molar-refractivity contribution is 6.07. The molecule has 4 amide bonds. The Morgan fingerprint density at radius 1 is 0.815 bits per heavy atom. The van der Waals surface area contributed by atoms with E-state index in [1.807, 2.05) is 50.5 Å². The van der Waals surface area contributed by atoms with Crippen molar-refractivity contribution in [3.8, 4) is 28.1 Å². The summed E-state index contributed by atoms with van der Waals surface area (Å²) >= 11 is 0. The number of hydrogen-bond donors (Lipinski definition) is 4. The Morgan fingerprint density at radius 3 is 2.20 bits per heavy atom. The van der Waals surface area contributed by atoms with Gasteiger partial charge in [-0.25, -0.2) is 19.6 Å². The molecule has 344 valence electrons. The number of imidazole rings is 2.